The third kappa shape index (κ3) is 6.27. The molecule has 0 aliphatic carbocycles. The highest BCUT2D eigenvalue weighted by molar-refractivity contribution is 7.88. The number of methoxy groups -OCH3 is 1. The first-order chi connectivity index (χ1) is 11.0. The van der Waals surface area contributed by atoms with Crippen molar-refractivity contribution >= 4 is 22.0 Å². The van der Waals surface area contributed by atoms with Gasteiger partial charge in [-0.25, -0.2) is 13.1 Å². The van der Waals surface area contributed by atoms with Gasteiger partial charge >= 0.3 is 5.97 Å². The van der Waals surface area contributed by atoms with E-state index in [1.807, 2.05) is 18.7 Å². The normalized spacial score (nSPS) is 22.6. The van der Waals surface area contributed by atoms with E-state index in [1.54, 1.807) is 13.8 Å². The summed E-state index contributed by atoms with van der Waals surface area (Å²) in [5, 5.41) is 3.20. The summed E-state index contributed by atoms with van der Waals surface area (Å²) in [5.41, 5.74) is -0.693. The lowest BCUT2D eigenvalue weighted by atomic mass is 9.99. The Balaban J connectivity index is 2.85. The molecule has 1 heterocycles. The number of nitrogens with zero attached hydrogens (tertiary/aromatic N) is 2. The number of ether oxygens (including phenoxy) is 1. The fourth-order valence-corrected chi connectivity index (χ4v) is 3.90. The highest BCUT2D eigenvalue weighted by Gasteiger charge is 2.37. The van der Waals surface area contributed by atoms with Gasteiger partial charge in [-0.3, -0.25) is 9.79 Å². The van der Waals surface area contributed by atoms with Crippen LogP contribution in [0.5, 0.6) is 0 Å². The van der Waals surface area contributed by atoms with Crippen LogP contribution in [-0.4, -0.2) is 70.3 Å². The van der Waals surface area contributed by atoms with E-state index >= 15 is 0 Å². The number of sulfonamides is 1. The van der Waals surface area contributed by atoms with Crippen molar-refractivity contribution in [3.63, 3.8) is 0 Å². The van der Waals surface area contributed by atoms with E-state index in [4.69, 9.17) is 4.74 Å². The van der Waals surface area contributed by atoms with Crippen LogP contribution in [0.25, 0.3) is 0 Å². The van der Waals surface area contributed by atoms with Crippen LogP contribution in [0.4, 0.5) is 0 Å². The number of hydrogen-bond acceptors (Lipinski definition) is 5. The summed E-state index contributed by atoms with van der Waals surface area (Å²) in [4.78, 5) is 18.4. The monoisotopic (exact) mass is 362 g/mol. The summed E-state index contributed by atoms with van der Waals surface area (Å²) in [6, 6.07) is 0. The molecule has 1 rings (SSSR count). The van der Waals surface area contributed by atoms with Crippen LogP contribution < -0.4 is 10.0 Å². The highest BCUT2D eigenvalue weighted by Crippen LogP contribution is 2.24. The second kappa shape index (κ2) is 8.15. The van der Waals surface area contributed by atoms with Crippen molar-refractivity contribution in [1.29, 1.82) is 0 Å². The zero-order valence-corrected chi connectivity index (χ0v) is 16.2. The molecular weight excluding hydrogens is 332 g/mol. The quantitative estimate of drug-likeness (QED) is 0.393. The largest absolute Gasteiger partial charge is 0.469 e. The smallest absolute Gasteiger partial charge is 0.310 e. The maximum absolute atomic E-state index is 11.8. The van der Waals surface area contributed by atoms with Crippen LogP contribution in [0.1, 0.15) is 27.7 Å². The molecule has 8 nitrogen and oxygen atoms in total. The van der Waals surface area contributed by atoms with Crippen molar-refractivity contribution in [2.24, 2.45) is 16.8 Å². The standard InChI is InChI=1S/C15H30N4O4S/c1-7-16-14(17-10-15(3,4)18-24(6,21)22)19-8-11(2)12(9-19)13(20)23-5/h11-12,18H,7-10H2,1-6H3,(H,16,17). The van der Waals surface area contributed by atoms with Gasteiger partial charge in [-0.15, -0.1) is 0 Å². The van der Waals surface area contributed by atoms with Crippen LogP contribution in [0.3, 0.4) is 0 Å². The van der Waals surface area contributed by atoms with Gasteiger partial charge in [0.25, 0.3) is 0 Å². The van der Waals surface area contributed by atoms with Crippen molar-refractivity contribution in [3.8, 4) is 0 Å². The van der Waals surface area contributed by atoms with Crippen LogP contribution in [0, 0.1) is 11.8 Å². The molecule has 1 aliphatic rings. The molecule has 24 heavy (non-hydrogen) atoms. The minimum atomic E-state index is -3.31. The van der Waals surface area contributed by atoms with E-state index in [-0.39, 0.29) is 24.3 Å². The van der Waals surface area contributed by atoms with E-state index in [2.05, 4.69) is 15.0 Å². The number of carbonyl (C=O) groups is 1. The third-order valence-electron chi connectivity index (χ3n) is 3.84. The summed E-state index contributed by atoms with van der Waals surface area (Å²) in [7, 11) is -1.91. The van der Waals surface area contributed by atoms with Crippen molar-refractivity contribution < 1.29 is 17.9 Å². The van der Waals surface area contributed by atoms with Crippen LogP contribution in [0.2, 0.25) is 0 Å². The average molecular weight is 362 g/mol. The van der Waals surface area contributed by atoms with Crippen molar-refractivity contribution in [3.05, 3.63) is 0 Å². The molecule has 0 aromatic heterocycles. The minimum absolute atomic E-state index is 0.170. The van der Waals surface area contributed by atoms with Crippen LogP contribution in [0.15, 0.2) is 4.99 Å². The minimum Gasteiger partial charge on any atom is -0.469 e. The molecule has 9 heteroatoms. The maximum Gasteiger partial charge on any atom is 0.310 e. The SMILES string of the molecule is CCNC(=NCC(C)(C)NS(C)(=O)=O)N1CC(C)C(C(=O)OC)C1. The molecular formula is C15H30N4O4S. The summed E-state index contributed by atoms with van der Waals surface area (Å²) >= 11 is 0. The lowest BCUT2D eigenvalue weighted by molar-refractivity contribution is -0.145. The summed E-state index contributed by atoms with van der Waals surface area (Å²) in [6.45, 7) is 9.76. The second-order valence-corrected chi connectivity index (χ2v) is 8.69. The van der Waals surface area contributed by atoms with Gasteiger partial charge in [0, 0.05) is 25.2 Å². The molecule has 0 radical (unpaired) electrons. The zero-order chi connectivity index (χ0) is 18.5. The molecule has 1 fully saturated rings. The van der Waals surface area contributed by atoms with Gasteiger partial charge in [-0.2, -0.15) is 0 Å². The topological polar surface area (TPSA) is 100 Å². The Labute approximate surface area is 145 Å². The zero-order valence-electron chi connectivity index (χ0n) is 15.4. The highest BCUT2D eigenvalue weighted by atomic mass is 32.2. The Kier molecular flexibility index (Phi) is 7.03. The fourth-order valence-electron chi connectivity index (χ4n) is 2.83. The Morgan fingerprint density at radius 3 is 2.50 bits per heavy atom. The Hall–Kier alpha value is -1.35. The van der Waals surface area contributed by atoms with Crippen molar-refractivity contribution in [1.82, 2.24) is 14.9 Å². The number of nitrogens with one attached hydrogen (secondary N) is 2. The molecule has 1 aliphatic heterocycles. The lowest BCUT2D eigenvalue weighted by Crippen LogP contribution is -2.47. The molecule has 2 unspecified atom stereocenters. The predicted octanol–water partition coefficient (Wildman–Crippen LogP) is 0.0206. The number of rotatable bonds is 6. The van der Waals surface area contributed by atoms with Crippen molar-refractivity contribution in [2.75, 3.05) is 39.5 Å². The Morgan fingerprint density at radius 1 is 1.38 bits per heavy atom. The first kappa shape index (κ1) is 20.7. The van der Waals surface area contributed by atoms with Gasteiger partial charge in [0.1, 0.15) is 0 Å². The van der Waals surface area contributed by atoms with E-state index in [9.17, 15) is 13.2 Å². The molecule has 0 saturated carbocycles. The number of hydrogen-bond donors (Lipinski definition) is 2. The predicted molar refractivity (Wildman–Crippen MR) is 94.3 cm³/mol. The first-order valence-electron chi connectivity index (χ1n) is 8.09. The molecule has 0 aromatic rings. The van der Waals surface area contributed by atoms with Gasteiger partial charge in [0.2, 0.25) is 10.0 Å². The number of esters is 1. The Bertz CT molecular complexity index is 574. The number of carbonyl (C=O) groups excluding carboxylic acids is 1. The van der Waals surface area contributed by atoms with E-state index in [1.165, 1.54) is 7.11 Å². The van der Waals surface area contributed by atoms with E-state index in [0.29, 0.717) is 25.6 Å². The number of likely N-dealkylation sites (tertiary alicyclic amines) is 1. The van der Waals surface area contributed by atoms with E-state index < -0.39 is 15.6 Å². The van der Waals surface area contributed by atoms with Crippen molar-refractivity contribution in [2.45, 2.75) is 33.2 Å². The second-order valence-electron chi connectivity index (χ2n) is 6.94. The van der Waals surface area contributed by atoms with Gasteiger partial charge < -0.3 is 15.0 Å². The van der Waals surface area contributed by atoms with Crippen LogP contribution in [-0.2, 0) is 19.6 Å². The molecule has 0 spiro atoms. The fraction of sp³-hybridized carbons (Fsp3) is 0.867. The summed E-state index contributed by atoms with van der Waals surface area (Å²) in [6.07, 6.45) is 1.13. The Morgan fingerprint density at radius 2 is 2.00 bits per heavy atom. The van der Waals surface area contributed by atoms with Gasteiger partial charge in [0.15, 0.2) is 5.96 Å². The van der Waals surface area contributed by atoms with E-state index in [0.717, 1.165) is 6.26 Å². The molecule has 1 saturated heterocycles. The molecule has 140 valence electrons. The molecule has 2 N–H and O–H groups in total. The maximum atomic E-state index is 11.8. The van der Waals surface area contributed by atoms with Gasteiger partial charge in [-0.05, 0) is 26.7 Å². The summed E-state index contributed by atoms with van der Waals surface area (Å²) < 4.78 is 30.3. The molecule has 0 amide bonds. The third-order valence-corrected chi connectivity index (χ3v) is 4.76. The van der Waals surface area contributed by atoms with Gasteiger partial charge in [-0.1, -0.05) is 6.92 Å². The molecule has 0 bridgehead atoms. The lowest BCUT2D eigenvalue weighted by Gasteiger charge is -2.26. The molecule has 2 atom stereocenters. The van der Waals surface area contributed by atoms with Gasteiger partial charge in [0.05, 0.1) is 25.8 Å². The first-order valence-corrected chi connectivity index (χ1v) is 9.98. The summed E-state index contributed by atoms with van der Waals surface area (Å²) in [5.74, 6) is 0.462. The molecule has 0 aromatic carbocycles. The average Bonchev–Trinajstić information content (AvgIpc) is 2.82. The number of aliphatic imine (C=N–C) groups is 1. The number of guanidine groups is 1. The van der Waals surface area contributed by atoms with Crippen LogP contribution >= 0.6 is 0 Å².